The van der Waals surface area contributed by atoms with Crippen molar-refractivity contribution in [3.8, 4) is 17.1 Å². The summed E-state index contributed by atoms with van der Waals surface area (Å²) in [6.07, 6.45) is 0. The number of benzene rings is 2. The molecule has 27 heavy (non-hydrogen) atoms. The number of H-pyrrole nitrogens is 1. The zero-order valence-corrected chi connectivity index (χ0v) is 16.4. The Labute approximate surface area is 162 Å². The van der Waals surface area contributed by atoms with Crippen molar-refractivity contribution in [2.75, 3.05) is 17.7 Å². The van der Waals surface area contributed by atoms with Crippen molar-refractivity contribution in [1.29, 1.82) is 0 Å². The fraction of sp³-hybridized carbons (Fsp3) is 0.250. The van der Waals surface area contributed by atoms with Gasteiger partial charge in [-0.05, 0) is 56.2 Å². The Hall–Kier alpha value is -2.80. The molecule has 0 saturated carbocycles. The maximum Gasteiger partial charge on any atom is 0.234 e. The maximum absolute atomic E-state index is 12.2. The summed E-state index contributed by atoms with van der Waals surface area (Å²) in [6.45, 7) is 6.58. The van der Waals surface area contributed by atoms with Gasteiger partial charge in [0, 0.05) is 5.69 Å². The number of nitrogens with zero attached hydrogens (tertiary/aromatic N) is 2. The third-order valence-corrected chi connectivity index (χ3v) is 4.88. The van der Waals surface area contributed by atoms with Gasteiger partial charge in [-0.2, -0.15) is 0 Å². The van der Waals surface area contributed by atoms with Gasteiger partial charge in [0.2, 0.25) is 11.1 Å². The van der Waals surface area contributed by atoms with E-state index in [9.17, 15) is 4.79 Å². The highest BCUT2D eigenvalue weighted by Gasteiger charge is 2.12. The van der Waals surface area contributed by atoms with Crippen LogP contribution in [0, 0.1) is 13.8 Å². The minimum absolute atomic E-state index is 0.0932. The second-order valence-corrected chi connectivity index (χ2v) is 6.97. The number of aryl methyl sites for hydroxylation is 2. The first kappa shape index (κ1) is 19.0. The van der Waals surface area contributed by atoms with Crippen molar-refractivity contribution in [2.24, 2.45) is 0 Å². The number of carbonyl (C=O) groups excluding carboxylic acids is 1. The largest absolute Gasteiger partial charge is 0.493 e. The van der Waals surface area contributed by atoms with E-state index in [-0.39, 0.29) is 11.7 Å². The molecule has 3 rings (SSSR count). The molecule has 0 unspecified atom stereocenters. The number of para-hydroxylation sites is 1. The summed E-state index contributed by atoms with van der Waals surface area (Å²) in [5.74, 6) is 1.51. The van der Waals surface area contributed by atoms with Gasteiger partial charge in [0.15, 0.2) is 5.82 Å². The number of ether oxygens (including phenoxy) is 1. The van der Waals surface area contributed by atoms with Gasteiger partial charge in [0.1, 0.15) is 5.75 Å². The van der Waals surface area contributed by atoms with E-state index in [1.807, 2.05) is 63.2 Å². The first-order valence-corrected chi connectivity index (χ1v) is 9.70. The van der Waals surface area contributed by atoms with Gasteiger partial charge in [-0.25, -0.2) is 4.98 Å². The van der Waals surface area contributed by atoms with E-state index in [1.54, 1.807) is 0 Å². The number of hydrogen-bond acceptors (Lipinski definition) is 5. The molecule has 0 radical (unpaired) electrons. The molecule has 0 aliphatic rings. The van der Waals surface area contributed by atoms with E-state index in [0.717, 1.165) is 22.6 Å². The number of thioether (sulfide) groups is 1. The van der Waals surface area contributed by atoms with Gasteiger partial charge in [0.05, 0.1) is 17.9 Å². The van der Waals surface area contributed by atoms with E-state index in [4.69, 9.17) is 4.74 Å². The molecule has 0 saturated heterocycles. The summed E-state index contributed by atoms with van der Waals surface area (Å²) >= 11 is 1.28. The number of aromatic nitrogens is 3. The summed E-state index contributed by atoms with van der Waals surface area (Å²) in [7, 11) is 0. The quantitative estimate of drug-likeness (QED) is 0.598. The van der Waals surface area contributed by atoms with Crippen molar-refractivity contribution in [3.63, 3.8) is 0 Å². The summed E-state index contributed by atoms with van der Waals surface area (Å²) in [6, 6.07) is 13.5. The lowest BCUT2D eigenvalue weighted by molar-refractivity contribution is -0.113. The summed E-state index contributed by atoms with van der Waals surface area (Å²) in [4.78, 5) is 16.6. The SMILES string of the molecule is CCOc1ccccc1-c1nc(SCC(=O)Nc2ccc(C)c(C)c2)n[nH]1. The third kappa shape index (κ3) is 4.89. The van der Waals surface area contributed by atoms with Crippen molar-refractivity contribution >= 4 is 23.4 Å². The van der Waals surface area contributed by atoms with Crippen LogP contribution in [0.15, 0.2) is 47.6 Å². The molecule has 1 heterocycles. The van der Waals surface area contributed by atoms with Crippen LogP contribution in [-0.4, -0.2) is 33.4 Å². The Morgan fingerprint density at radius 3 is 2.78 bits per heavy atom. The molecule has 1 amide bonds. The van der Waals surface area contributed by atoms with Crippen LogP contribution in [0.1, 0.15) is 18.1 Å². The monoisotopic (exact) mass is 382 g/mol. The third-order valence-electron chi connectivity index (χ3n) is 4.03. The van der Waals surface area contributed by atoms with Crippen LogP contribution in [0.5, 0.6) is 5.75 Å². The molecule has 0 aliphatic heterocycles. The Morgan fingerprint density at radius 1 is 1.19 bits per heavy atom. The number of amides is 1. The van der Waals surface area contributed by atoms with Gasteiger partial charge < -0.3 is 10.1 Å². The standard InChI is InChI=1S/C20H22N4O2S/c1-4-26-17-8-6-5-7-16(17)19-22-20(24-23-19)27-12-18(25)21-15-10-9-13(2)14(3)11-15/h5-11H,4,12H2,1-3H3,(H,21,25)(H,22,23,24). The van der Waals surface area contributed by atoms with Crippen molar-refractivity contribution in [1.82, 2.24) is 15.2 Å². The Kier molecular flexibility index (Phi) is 6.13. The van der Waals surface area contributed by atoms with Crippen LogP contribution in [0.25, 0.3) is 11.4 Å². The van der Waals surface area contributed by atoms with Crippen LogP contribution in [0.4, 0.5) is 5.69 Å². The molecule has 2 aromatic carbocycles. The van der Waals surface area contributed by atoms with Gasteiger partial charge >= 0.3 is 0 Å². The predicted octanol–water partition coefficient (Wildman–Crippen LogP) is 4.22. The molecule has 0 fully saturated rings. The number of carbonyl (C=O) groups is 1. The van der Waals surface area contributed by atoms with Crippen molar-refractivity contribution < 1.29 is 9.53 Å². The maximum atomic E-state index is 12.2. The average Bonchev–Trinajstić information content (AvgIpc) is 3.13. The normalized spacial score (nSPS) is 10.6. The number of nitrogens with one attached hydrogen (secondary N) is 2. The van der Waals surface area contributed by atoms with Crippen LogP contribution < -0.4 is 10.1 Å². The average molecular weight is 382 g/mol. The first-order chi connectivity index (χ1) is 13.1. The van der Waals surface area contributed by atoms with Crippen LogP contribution in [0.2, 0.25) is 0 Å². The molecule has 6 nitrogen and oxygen atoms in total. The lowest BCUT2D eigenvalue weighted by Crippen LogP contribution is -2.14. The van der Waals surface area contributed by atoms with E-state index < -0.39 is 0 Å². The van der Waals surface area contributed by atoms with E-state index >= 15 is 0 Å². The molecule has 7 heteroatoms. The fourth-order valence-electron chi connectivity index (χ4n) is 2.52. The van der Waals surface area contributed by atoms with Gasteiger partial charge in [-0.3, -0.25) is 9.89 Å². The molecule has 0 spiro atoms. The lowest BCUT2D eigenvalue weighted by atomic mass is 10.1. The smallest absolute Gasteiger partial charge is 0.234 e. The molecule has 3 aromatic rings. The van der Waals surface area contributed by atoms with E-state index in [1.165, 1.54) is 17.3 Å². The number of anilines is 1. The molecule has 0 bridgehead atoms. The molecule has 0 aliphatic carbocycles. The predicted molar refractivity (Wildman–Crippen MR) is 108 cm³/mol. The molecule has 1 aromatic heterocycles. The van der Waals surface area contributed by atoms with Crippen LogP contribution >= 0.6 is 11.8 Å². The molecule has 2 N–H and O–H groups in total. The number of aromatic amines is 1. The van der Waals surface area contributed by atoms with Gasteiger partial charge in [-0.1, -0.05) is 30.0 Å². The van der Waals surface area contributed by atoms with Gasteiger partial charge in [0.25, 0.3) is 0 Å². The minimum atomic E-state index is -0.0932. The zero-order chi connectivity index (χ0) is 19.2. The summed E-state index contributed by atoms with van der Waals surface area (Å²) < 4.78 is 5.62. The topological polar surface area (TPSA) is 79.9 Å². The van der Waals surface area contributed by atoms with Gasteiger partial charge in [-0.15, -0.1) is 5.10 Å². The Bertz CT molecular complexity index is 939. The second kappa shape index (κ2) is 8.73. The minimum Gasteiger partial charge on any atom is -0.493 e. The van der Waals surface area contributed by atoms with Crippen LogP contribution in [-0.2, 0) is 4.79 Å². The highest BCUT2D eigenvalue weighted by Crippen LogP contribution is 2.28. The highest BCUT2D eigenvalue weighted by atomic mass is 32.2. The fourth-order valence-corrected chi connectivity index (χ4v) is 3.12. The highest BCUT2D eigenvalue weighted by molar-refractivity contribution is 7.99. The van der Waals surface area contributed by atoms with E-state index in [0.29, 0.717) is 17.6 Å². The molecular weight excluding hydrogens is 360 g/mol. The summed E-state index contributed by atoms with van der Waals surface area (Å²) in [5, 5.41) is 10.5. The van der Waals surface area contributed by atoms with Crippen LogP contribution in [0.3, 0.4) is 0 Å². The van der Waals surface area contributed by atoms with Crippen molar-refractivity contribution in [2.45, 2.75) is 25.9 Å². The van der Waals surface area contributed by atoms with Crippen molar-refractivity contribution in [3.05, 3.63) is 53.6 Å². The zero-order valence-electron chi connectivity index (χ0n) is 15.6. The second-order valence-electron chi connectivity index (χ2n) is 6.03. The molecule has 0 atom stereocenters. The first-order valence-electron chi connectivity index (χ1n) is 8.71. The Balaban J connectivity index is 1.61. The Morgan fingerprint density at radius 2 is 2.00 bits per heavy atom. The molecule has 140 valence electrons. The lowest BCUT2D eigenvalue weighted by Gasteiger charge is -2.07. The molecular formula is C20H22N4O2S. The number of rotatable bonds is 7. The summed E-state index contributed by atoms with van der Waals surface area (Å²) in [5.41, 5.74) is 3.98. The van der Waals surface area contributed by atoms with E-state index in [2.05, 4.69) is 20.5 Å². The number of hydrogen-bond donors (Lipinski definition) is 2.